The molecular weight excluding hydrogens is 493 g/mol. The quantitative estimate of drug-likeness (QED) is 0.307. The fraction of sp³-hybridized carbons (Fsp3) is 0.452. The number of aromatic nitrogens is 2. The van der Waals surface area contributed by atoms with Gasteiger partial charge in [-0.05, 0) is 98.3 Å². The number of ether oxygens (including phenoxy) is 1. The fourth-order valence-corrected chi connectivity index (χ4v) is 7.21. The minimum atomic E-state index is -0.285. The van der Waals surface area contributed by atoms with E-state index in [2.05, 4.69) is 33.2 Å². The second-order valence-corrected chi connectivity index (χ2v) is 11.5. The Morgan fingerprint density at radius 2 is 2.03 bits per heavy atom. The number of rotatable bonds is 9. The molecule has 2 atom stereocenters. The molecule has 1 saturated carbocycles. The zero-order chi connectivity index (χ0) is 26.6. The van der Waals surface area contributed by atoms with Gasteiger partial charge in [-0.2, -0.15) is 9.97 Å². The zero-order valence-corrected chi connectivity index (χ0v) is 22.1. The van der Waals surface area contributed by atoms with Gasteiger partial charge >= 0.3 is 6.01 Å². The Kier molecular flexibility index (Phi) is 6.03. The first kappa shape index (κ1) is 24.5. The molecule has 3 heterocycles. The van der Waals surface area contributed by atoms with Crippen LogP contribution >= 0.6 is 0 Å². The van der Waals surface area contributed by atoms with Gasteiger partial charge in [0.1, 0.15) is 18.2 Å². The molecule has 2 aliphatic heterocycles. The molecule has 0 unspecified atom stereocenters. The maximum absolute atomic E-state index is 15.7. The van der Waals surface area contributed by atoms with Crippen LogP contribution in [0.4, 0.5) is 10.2 Å². The van der Waals surface area contributed by atoms with Crippen molar-refractivity contribution in [3.05, 3.63) is 59.9 Å². The normalized spacial score (nSPS) is 22.3. The van der Waals surface area contributed by atoms with Crippen molar-refractivity contribution in [3.63, 3.8) is 0 Å². The Balaban J connectivity index is 1.23. The third-order valence-corrected chi connectivity index (χ3v) is 9.21. The van der Waals surface area contributed by atoms with E-state index in [9.17, 15) is 4.79 Å². The van der Waals surface area contributed by atoms with Crippen molar-refractivity contribution >= 4 is 22.6 Å². The highest BCUT2D eigenvalue weighted by molar-refractivity contribution is 5.93. The second kappa shape index (κ2) is 9.59. The Bertz CT molecular complexity index is 1460. The Labute approximate surface area is 227 Å². The molecule has 3 fully saturated rings. The number of hydrogen-bond donors (Lipinski definition) is 2. The van der Waals surface area contributed by atoms with Gasteiger partial charge in [-0.1, -0.05) is 24.8 Å². The van der Waals surface area contributed by atoms with E-state index in [-0.39, 0.29) is 17.3 Å². The summed E-state index contributed by atoms with van der Waals surface area (Å²) in [6.07, 6.45) is 8.18. The highest BCUT2D eigenvalue weighted by Gasteiger charge is 2.46. The van der Waals surface area contributed by atoms with Gasteiger partial charge in [-0.3, -0.25) is 9.69 Å². The average molecular weight is 528 g/mol. The first-order valence-electron chi connectivity index (χ1n) is 14.2. The molecule has 0 radical (unpaired) electrons. The number of anilines is 1. The van der Waals surface area contributed by atoms with Crippen molar-refractivity contribution < 1.29 is 13.9 Å². The predicted octanol–water partition coefficient (Wildman–Crippen LogP) is 4.82. The summed E-state index contributed by atoms with van der Waals surface area (Å²) in [5.74, 6) is 1.25. The largest absolute Gasteiger partial charge is 0.461 e. The van der Waals surface area contributed by atoms with Crippen LogP contribution in [0.5, 0.6) is 6.01 Å². The van der Waals surface area contributed by atoms with Crippen LogP contribution in [0.25, 0.3) is 22.0 Å². The van der Waals surface area contributed by atoms with Gasteiger partial charge in [0.25, 0.3) is 0 Å². The molecule has 3 aromatic rings. The summed E-state index contributed by atoms with van der Waals surface area (Å²) in [7, 11) is 0. The van der Waals surface area contributed by atoms with Crippen LogP contribution in [-0.2, 0) is 11.2 Å². The standard InChI is InChI=1S/C31H34FN5O2/c1-2-27(38)33-10-11-34-29-24-16-25(32)23(21-7-3-6-19-14-20-15-22(20)28(19)21)17-26(24)35-30(36-29)39-18-31-8-4-12-37(31)13-5-9-31/h2-3,6-7,16-17,20,22H,1,4-5,8-15,18H2,(H,33,38)(H,34,35,36)/t20-,22+/m0/s1. The predicted molar refractivity (Wildman–Crippen MR) is 149 cm³/mol. The summed E-state index contributed by atoms with van der Waals surface area (Å²) in [6.45, 7) is 7.08. The molecule has 0 spiro atoms. The van der Waals surface area contributed by atoms with Crippen LogP contribution in [0.3, 0.4) is 0 Å². The van der Waals surface area contributed by atoms with Crippen LogP contribution in [0.15, 0.2) is 43.0 Å². The molecule has 4 aliphatic rings. The number of nitrogens with one attached hydrogen (secondary N) is 2. The maximum Gasteiger partial charge on any atom is 0.319 e. The lowest BCUT2D eigenvalue weighted by molar-refractivity contribution is -0.116. The minimum absolute atomic E-state index is 0.0697. The topological polar surface area (TPSA) is 79.4 Å². The van der Waals surface area contributed by atoms with E-state index in [4.69, 9.17) is 9.72 Å². The SMILES string of the molecule is C=CC(=O)NCCNc1nc(OCC23CCCN2CCC3)nc2cc(-c3cccc4c3[C@@H]3C[C@@H]3C4)c(F)cc12. The van der Waals surface area contributed by atoms with Gasteiger partial charge in [-0.15, -0.1) is 0 Å². The van der Waals surface area contributed by atoms with Crippen molar-refractivity contribution in [2.75, 3.05) is 38.1 Å². The maximum atomic E-state index is 15.7. The molecule has 1 amide bonds. The minimum Gasteiger partial charge on any atom is -0.461 e. The first-order chi connectivity index (χ1) is 19.0. The number of fused-ring (bicyclic) bond motifs is 5. The van der Waals surface area contributed by atoms with Crippen molar-refractivity contribution in [3.8, 4) is 17.1 Å². The average Bonchev–Trinajstić information content (AvgIpc) is 3.23. The molecule has 1 aromatic heterocycles. The van der Waals surface area contributed by atoms with Gasteiger partial charge in [0.2, 0.25) is 5.91 Å². The van der Waals surface area contributed by atoms with E-state index in [1.54, 1.807) is 0 Å². The molecule has 8 heteroatoms. The lowest BCUT2D eigenvalue weighted by Gasteiger charge is -2.31. The Morgan fingerprint density at radius 1 is 1.18 bits per heavy atom. The number of halogens is 1. The zero-order valence-electron chi connectivity index (χ0n) is 22.1. The molecule has 2 aromatic carbocycles. The molecule has 2 N–H and O–H groups in total. The third-order valence-electron chi connectivity index (χ3n) is 9.21. The molecular formula is C31H34FN5O2. The number of benzene rings is 2. The number of amides is 1. The van der Waals surface area contributed by atoms with Crippen molar-refractivity contribution in [2.24, 2.45) is 5.92 Å². The Morgan fingerprint density at radius 3 is 2.85 bits per heavy atom. The molecule has 0 bridgehead atoms. The van der Waals surface area contributed by atoms with Crippen molar-refractivity contribution in [1.82, 2.24) is 20.2 Å². The fourth-order valence-electron chi connectivity index (χ4n) is 7.21. The highest BCUT2D eigenvalue weighted by Crippen LogP contribution is 2.58. The van der Waals surface area contributed by atoms with Crippen LogP contribution in [0.2, 0.25) is 0 Å². The van der Waals surface area contributed by atoms with Gasteiger partial charge in [0, 0.05) is 24.0 Å². The van der Waals surface area contributed by atoms with Crippen LogP contribution < -0.4 is 15.4 Å². The molecule has 2 saturated heterocycles. The lowest BCUT2D eigenvalue weighted by Crippen LogP contribution is -2.43. The van der Waals surface area contributed by atoms with E-state index in [0.717, 1.165) is 43.8 Å². The summed E-state index contributed by atoms with van der Waals surface area (Å²) in [6, 6.07) is 9.94. The van der Waals surface area contributed by atoms with Crippen molar-refractivity contribution in [2.45, 2.75) is 50.0 Å². The smallest absolute Gasteiger partial charge is 0.319 e. The number of carbonyl (C=O) groups is 1. The molecule has 7 nitrogen and oxygen atoms in total. The molecule has 202 valence electrons. The molecule has 2 aliphatic carbocycles. The van der Waals surface area contributed by atoms with Gasteiger partial charge in [-0.25, -0.2) is 4.39 Å². The molecule has 39 heavy (non-hydrogen) atoms. The highest BCUT2D eigenvalue weighted by atomic mass is 19.1. The van der Waals surface area contributed by atoms with Crippen LogP contribution in [0.1, 0.15) is 49.1 Å². The first-order valence-corrected chi connectivity index (χ1v) is 14.2. The lowest BCUT2D eigenvalue weighted by atomic mass is 9.93. The van der Waals surface area contributed by atoms with Gasteiger partial charge in [0.15, 0.2) is 0 Å². The van der Waals surface area contributed by atoms with E-state index < -0.39 is 0 Å². The third kappa shape index (κ3) is 4.35. The summed E-state index contributed by atoms with van der Waals surface area (Å²) in [4.78, 5) is 23.6. The van der Waals surface area contributed by atoms with E-state index in [0.29, 0.717) is 53.9 Å². The summed E-state index contributed by atoms with van der Waals surface area (Å²) in [5.41, 5.74) is 4.93. The van der Waals surface area contributed by atoms with E-state index in [1.165, 1.54) is 42.5 Å². The summed E-state index contributed by atoms with van der Waals surface area (Å²) in [5, 5.41) is 6.61. The number of nitrogens with zero attached hydrogens (tertiary/aromatic N) is 3. The number of carbonyl (C=O) groups excluding carboxylic acids is 1. The van der Waals surface area contributed by atoms with Crippen molar-refractivity contribution in [1.29, 1.82) is 0 Å². The summed E-state index contributed by atoms with van der Waals surface area (Å²) < 4.78 is 22.0. The monoisotopic (exact) mass is 527 g/mol. The second-order valence-electron chi connectivity index (χ2n) is 11.5. The molecule has 7 rings (SSSR count). The summed E-state index contributed by atoms with van der Waals surface area (Å²) >= 11 is 0. The van der Waals surface area contributed by atoms with E-state index in [1.807, 2.05) is 18.2 Å². The van der Waals surface area contributed by atoms with Gasteiger partial charge < -0.3 is 15.4 Å². The van der Waals surface area contributed by atoms with Crippen LogP contribution in [0, 0.1) is 11.7 Å². The van der Waals surface area contributed by atoms with Crippen LogP contribution in [-0.4, -0.2) is 59.1 Å². The Hall–Kier alpha value is -3.52. The van der Waals surface area contributed by atoms with Gasteiger partial charge in [0.05, 0.1) is 11.1 Å². The van der Waals surface area contributed by atoms with E-state index >= 15 is 4.39 Å². The number of hydrogen-bond acceptors (Lipinski definition) is 6.